The average Bonchev–Trinajstić information content (AvgIpc) is 3.27. The van der Waals surface area contributed by atoms with E-state index in [4.69, 9.17) is 0 Å². The average molecular weight is 427 g/mol. The maximum absolute atomic E-state index is 14.0. The molecule has 2 aromatic heterocycles. The molecular formula is C30H22N2O. The first-order chi connectivity index (χ1) is 16.3. The molecule has 0 radical (unpaired) electrons. The summed E-state index contributed by atoms with van der Waals surface area (Å²) in [6.07, 6.45) is 0. The molecule has 6 rings (SSSR count). The summed E-state index contributed by atoms with van der Waals surface area (Å²) in [5.74, 6) is 0. The number of hydrogen-bond acceptors (Lipinski definition) is 1. The molecule has 0 saturated heterocycles. The molecule has 0 saturated carbocycles. The largest absolute Gasteiger partial charge is 0.350 e. The molecule has 0 aliphatic rings. The second-order valence-corrected chi connectivity index (χ2v) is 8.25. The van der Waals surface area contributed by atoms with Crippen molar-refractivity contribution in [2.75, 3.05) is 0 Å². The molecule has 4 aromatic carbocycles. The molecule has 3 heteroatoms. The third-order valence-electron chi connectivity index (χ3n) is 6.22. The van der Waals surface area contributed by atoms with Crippen molar-refractivity contribution in [3.05, 3.63) is 131 Å². The van der Waals surface area contributed by atoms with E-state index in [1.54, 1.807) is 0 Å². The summed E-state index contributed by atoms with van der Waals surface area (Å²) in [6, 6.07) is 39.0. The highest BCUT2D eigenvalue weighted by Gasteiger charge is 2.22. The Labute approximate surface area is 191 Å². The van der Waals surface area contributed by atoms with Crippen molar-refractivity contribution < 1.29 is 0 Å². The molecule has 2 heterocycles. The summed E-state index contributed by atoms with van der Waals surface area (Å²) in [4.78, 5) is 17.4. The maximum atomic E-state index is 14.0. The normalized spacial score (nSPS) is 11.3. The second kappa shape index (κ2) is 7.95. The zero-order chi connectivity index (χ0) is 22.2. The summed E-state index contributed by atoms with van der Waals surface area (Å²) < 4.78 is 1.92. The van der Waals surface area contributed by atoms with Crippen LogP contribution in [0.25, 0.3) is 44.2 Å². The third-order valence-corrected chi connectivity index (χ3v) is 6.22. The summed E-state index contributed by atoms with van der Waals surface area (Å²) in [6.45, 7) is 0.495. The molecule has 3 nitrogen and oxygen atoms in total. The van der Waals surface area contributed by atoms with Gasteiger partial charge < -0.3 is 9.55 Å². The quantitative estimate of drug-likeness (QED) is 0.328. The van der Waals surface area contributed by atoms with Crippen LogP contribution < -0.4 is 5.56 Å². The molecule has 6 aromatic rings. The first-order valence-electron chi connectivity index (χ1n) is 11.1. The molecule has 1 N–H and O–H groups in total. The molecule has 0 unspecified atom stereocenters. The Morgan fingerprint density at radius 2 is 1.21 bits per heavy atom. The number of nitrogens with zero attached hydrogens (tertiary/aromatic N) is 1. The van der Waals surface area contributed by atoms with Gasteiger partial charge in [0.2, 0.25) is 0 Å². The van der Waals surface area contributed by atoms with Crippen LogP contribution in [0, 0.1) is 0 Å². The molecule has 0 aliphatic carbocycles. The van der Waals surface area contributed by atoms with Gasteiger partial charge in [-0.05, 0) is 22.8 Å². The van der Waals surface area contributed by atoms with Crippen molar-refractivity contribution in [1.82, 2.24) is 9.55 Å². The minimum Gasteiger partial charge on any atom is -0.350 e. The van der Waals surface area contributed by atoms with Gasteiger partial charge in [-0.1, -0.05) is 109 Å². The number of aromatic amines is 1. The van der Waals surface area contributed by atoms with Crippen molar-refractivity contribution in [3.63, 3.8) is 0 Å². The highest BCUT2D eigenvalue weighted by Crippen LogP contribution is 2.40. The Balaban J connectivity index is 1.82. The van der Waals surface area contributed by atoms with Crippen molar-refractivity contribution in [3.8, 4) is 22.4 Å². The van der Waals surface area contributed by atoms with Crippen LogP contribution in [0.2, 0.25) is 0 Å². The van der Waals surface area contributed by atoms with Crippen LogP contribution in [0.5, 0.6) is 0 Å². The smallest absolute Gasteiger partial charge is 0.275 e. The lowest BCUT2D eigenvalue weighted by Crippen LogP contribution is -2.24. The van der Waals surface area contributed by atoms with E-state index in [1.165, 1.54) is 0 Å². The van der Waals surface area contributed by atoms with Crippen LogP contribution in [0.4, 0.5) is 0 Å². The molecule has 0 atom stereocenters. The molecule has 0 fully saturated rings. The minimum absolute atomic E-state index is 0.0106. The first-order valence-corrected chi connectivity index (χ1v) is 11.1. The maximum Gasteiger partial charge on any atom is 0.275 e. The van der Waals surface area contributed by atoms with E-state index in [0.717, 1.165) is 44.2 Å². The van der Waals surface area contributed by atoms with E-state index in [-0.39, 0.29) is 5.56 Å². The first kappa shape index (κ1) is 19.3. The van der Waals surface area contributed by atoms with Gasteiger partial charge in [-0.15, -0.1) is 0 Å². The Morgan fingerprint density at radius 1 is 0.636 bits per heavy atom. The highest BCUT2D eigenvalue weighted by atomic mass is 16.1. The lowest BCUT2D eigenvalue weighted by molar-refractivity contribution is 0.776. The summed E-state index contributed by atoms with van der Waals surface area (Å²) in [7, 11) is 0. The Morgan fingerprint density at radius 3 is 1.91 bits per heavy atom. The number of nitrogens with one attached hydrogen (secondary N) is 1. The van der Waals surface area contributed by atoms with Crippen molar-refractivity contribution in [2.45, 2.75) is 6.54 Å². The molecular weight excluding hydrogens is 404 g/mol. The monoisotopic (exact) mass is 426 g/mol. The number of H-pyrrole nitrogens is 1. The van der Waals surface area contributed by atoms with Gasteiger partial charge in [0.15, 0.2) is 0 Å². The predicted molar refractivity (Wildman–Crippen MR) is 136 cm³/mol. The number of aromatic nitrogens is 2. The topological polar surface area (TPSA) is 37.8 Å². The minimum atomic E-state index is -0.0106. The van der Waals surface area contributed by atoms with Gasteiger partial charge in [-0.3, -0.25) is 4.79 Å². The number of para-hydroxylation sites is 1. The van der Waals surface area contributed by atoms with Crippen LogP contribution in [0.15, 0.2) is 120 Å². The van der Waals surface area contributed by atoms with Crippen LogP contribution in [0.3, 0.4) is 0 Å². The molecule has 0 spiro atoms. The van der Waals surface area contributed by atoms with E-state index in [9.17, 15) is 4.79 Å². The third kappa shape index (κ3) is 3.26. The number of hydrogen-bond donors (Lipinski definition) is 1. The summed E-state index contributed by atoms with van der Waals surface area (Å²) in [5, 5.41) is 2.04. The van der Waals surface area contributed by atoms with Gasteiger partial charge in [-0.25, -0.2) is 0 Å². The van der Waals surface area contributed by atoms with Gasteiger partial charge >= 0.3 is 0 Å². The Kier molecular flexibility index (Phi) is 4.66. The lowest BCUT2D eigenvalue weighted by Gasteiger charge is -2.20. The fourth-order valence-corrected chi connectivity index (χ4v) is 4.75. The van der Waals surface area contributed by atoms with E-state index < -0.39 is 0 Å². The second-order valence-electron chi connectivity index (χ2n) is 8.25. The standard InChI is InChI=1S/C30H22N2O/c33-30-28-27(24-18-10-11-19-25(24)31-28)26(22-14-6-2-7-15-22)29(23-16-8-3-9-17-23)32(30)20-21-12-4-1-5-13-21/h1-19,31H,20H2. The predicted octanol–water partition coefficient (Wildman–Crippen LogP) is 6.87. The molecule has 158 valence electrons. The van der Waals surface area contributed by atoms with E-state index in [0.29, 0.717) is 12.1 Å². The van der Waals surface area contributed by atoms with Gasteiger partial charge in [0.25, 0.3) is 5.56 Å². The molecule has 0 bridgehead atoms. The van der Waals surface area contributed by atoms with Gasteiger partial charge in [0.05, 0.1) is 12.2 Å². The van der Waals surface area contributed by atoms with Gasteiger partial charge in [0.1, 0.15) is 5.52 Å². The van der Waals surface area contributed by atoms with Crippen LogP contribution in [-0.2, 0) is 6.54 Å². The summed E-state index contributed by atoms with van der Waals surface area (Å²) >= 11 is 0. The fourth-order valence-electron chi connectivity index (χ4n) is 4.75. The SMILES string of the molecule is O=c1c2[nH]c3ccccc3c2c(-c2ccccc2)c(-c2ccccc2)n1Cc1ccccc1. The Bertz CT molecular complexity index is 1630. The molecule has 33 heavy (non-hydrogen) atoms. The number of benzene rings is 4. The molecule has 0 amide bonds. The van der Waals surface area contributed by atoms with Gasteiger partial charge in [-0.2, -0.15) is 0 Å². The van der Waals surface area contributed by atoms with Crippen molar-refractivity contribution >= 4 is 21.8 Å². The Hall–Kier alpha value is -4.37. The van der Waals surface area contributed by atoms with E-state index in [2.05, 4.69) is 59.6 Å². The van der Waals surface area contributed by atoms with Crippen molar-refractivity contribution in [2.24, 2.45) is 0 Å². The van der Waals surface area contributed by atoms with Crippen molar-refractivity contribution in [1.29, 1.82) is 0 Å². The van der Waals surface area contributed by atoms with Crippen LogP contribution >= 0.6 is 0 Å². The van der Waals surface area contributed by atoms with Gasteiger partial charge in [0, 0.05) is 21.9 Å². The van der Waals surface area contributed by atoms with Crippen LogP contribution in [0.1, 0.15) is 5.56 Å². The number of rotatable bonds is 4. The number of pyridine rings is 1. The lowest BCUT2D eigenvalue weighted by atomic mass is 9.94. The fraction of sp³-hybridized carbons (Fsp3) is 0.0333. The summed E-state index contributed by atoms with van der Waals surface area (Å²) in [5.41, 5.74) is 6.82. The van der Waals surface area contributed by atoms with E-state index in [1.807, 2.05) is 65.2 Å². The zero-order valence-electron chi connectivity index (χ0n) is 18.0. The highest BCUT2D eigenvalue weighted by molar-refractivity contribution is 6.16. The zero-order valence-corrected chi connectivity index (χ0v) is 18.0. The molecule has 0 aliphatic heterocycles. The number of fused-ring (bicyclic) bond motifs is 3. The van der Waals surface area contributed by atoms with E-state index >= 15 is 0 Å². The van der Waals surface area contributed by atoms with Crippen LogP contribution in [-0.4, -0.2) is 9.55 Å².